The zero-order valence-corrected chi connectivity index (χ0v) is 7.10. The molecule has 1 aromatic carbocycles. The SMILES string of the molecule is [B]c1ccc(CC(N)C(=O)O)cc1. The maximum Gasteiger partial charge on any atom is 0.320 e. The molecule has 3 nitrogen and oxygen atoms in total. The molecule has 0 bridgehead atoms. The molecular weight excluding hydrogens is 165 g/mol. The molecule has 0 spiro atoms. The van der Waals surface area contributed by atoms with Gasteiger partial charge in [-0.05, 0) is 12.0 Å². The Bertz CT molecular complexity index is 297. The van der Waals surface area contributed by atoms with E-state index in [0.29, 0.717) is 11.9 Å². The van der Waals surface area contributed by atoms with E-state index in [1.165, 1.54) is 0 Å². The van der Waals surface area contributed by atoms with Gasteiger partial charge in [0.1, 0.15) is 13.9 Å². The summed E-state index contributed by atoms with van der Waals surface area (Å²) in [6, 6.07) is 6.16. The lowest BCUT2D eigenvalue weighted by Crippen LogP contribution is -2.32. The van der Waals surface area contributed by atoms with Crippen LogP contribution >= 0.6 is 0 Å². The molecule has 0 fully saturated rings. The molecule has 0 aliphatic heterocycles. The average molecular weight is 175 g/mol. The van der Waals surface area contributed by atoms with Crippen LogP contribution in [-0.4, -0.2) is 25.0 Å². The van der Waals surface area contributed by atoms with Gasteiger partial charge in [0.05, 0.1) is 0 Å². The second-order valence-electron chi connectivity index (χ2n) is 2.89. The standard InChI is InChI=1S/C9H10BNO2/c10-7-3-1-6(2-4-7)5-8(11)9(12)13/h1-4,8H,5,11H2,(H,12,13). The molecule has 0 saturated heterocycles. The highest BCUT2D eigenvalue weighted by molar-refractivity contribution is 6.32. The first kappa shape index (κ1) is 9.80. The monoisotopic (exact) mass is 175 g/mol. The summed E-state index contributed by atoms with van der Waals surface area (Å²) in [5.41, 5.74) is 6.89. The van der Waals surface area contributed by atoms with Crippen LogP contribution in [0.15, 0.2) is 24.3 Å². The van der Waals surface area contributed by atoms with Crippen molar-refractivity contribution >= 4 is 19.3 Å². The molecule has 0 aromatic heterocycles. The lowest BCUT2D eigenvalue weighted by molar-refractivity contribution is -0.138. The molecule has 66 valence electrons. The largest absolute Gasteiger partial charge is 0.480 e. The molecule has 0 aliphatic carbocycles. The number of benzene rings is 1. The molecule has 0 saturated carbocycles. The second kappa shape index (κ2) is 4.09. The first-order valence-electron chi connectivity index (χ1n) is 3.92. The molecule has 1 rings (SSSR count). The summed E-state index contributed by atoms with van der Waals surface area (Å²) in [6.07, 6.45) is 0.329. The van der Waals surface area contributed by atoms with Crippen molar-refractivity contribution in [2.75, 3.05) is 0 Å². The Kier molecular flexibility index (Phi) is 3.09. The number of aliphatic carboxylic acids is 1. The number of rotatable bonds is 3. The van der Waals surface area contributed by atoms with E-state index in [0.717, 1.165) is 5.56 Å². The van der Waals surface area contributed by atoms with Crippen LogP contribution in [0.3, 0.4) is 0 Å². The Morgan fingerprint density at radius 2 is 2.00 bits per heavy atom. The summed E-state index contributed by atoms with van der Waals surface area (Å²) in [5.74, 6) is -0.989. The number of hydrogen-bond acceptors (Lipinski definition) is 2. The van der Waals surface area contributed by atoms with E-state index >= 15 is 0 Å². The van der Waals surface area contributed by atoms with Crippen LogP contribution in [0.4, 0.5) is 0 Å². The van der Waals surface area contributed by atoms with Gasteiger partial charge in [0.15, 0.2) is 0 Å². The third-order valence-corrected chi connectivity index (χ3v) is 1.75. The summed E-state index contributed by atoms with van der Waals surface area (Å²) >= 11 is 0. The van der Waals surface area contributed by atoms with Gasteiger partial charge in [-0.25, -0.2) is 0 Å². The van der Waals surface area contributed by atoms with Gasteiger partial charge < -0.3 is 10.8 Å². The third kappa shape index (κ3) is 2.91. The Morgan fingerprint density at radius 3 is 2.46 bits per heavy atom. The molecule has 3 N–H and O–H groups in total. The van der Waals surface area contributed by atoms with Gasteiger partial charge in [0, 0.05) is 0 Å². The first-order valence-corrected chi connectivity index (χ1v) is 3.92. The molecule has 13 heavy (non-hydrogen) atoms. The minimum absolute atomic E-state index is 0.329. The quantitative estimate of drug-likeness (QED) is 0.605. The van der Waals surface area contributed by atoms with Crippen LogP contribution in [-0.2, 0) is 11.2 Å². The molecule has 0 amide bonds. The van der Waals surface area contributed by atoms with Crippen LogP contribution in [0.2, 0.25) is 0 Å². The van der Waals surface area contributed by atoms with Gasteiger partial charge >= 0.3 is 5.97 Å². The molecule has 0 aliphatic rings. The lowest BCUT2D eigenvalue weighted by Gasteiger charge is -2.06. The van der Waals surface area contributed by atoms with Crippen molar-refractivity contribution in [3.8, 4) is 0 Å². The van der Waals surface area contributed by atoms with E-state index in [-0.39, 0.29) is 0 Å². The molecule has 1 unspecified atom stereocenters. The number of hydrogen-bond donors (Lipinski definition) is 2. The number of carboxylic acids is 1. The van der Waals surface area contributed by atoms with Gasteiger partial charge in [-0.15, -0.1) is 0 Å². The molecule has 4 heteroatoms. The van der Waals surface area contributed by atoms with E-state index in [1.807, 2.05) is 0 Å². The summed E-state index contributed by atoms with van der Waals surface area (Å²) in [4.78, 5) is 10.4. The van der Waals surface area contributed by atoms with Crippen LogP contribution in [0.1, 0.15) is 5.56 Å². The maximum absolute atomic E-state index is 10.4. The minimum atomic E-state index is -0.989. The van der Waals surface area contributed by atoms with E-state index < -0.39 is 12.0 Å². The lowest BCUT2D eigenvalue weighted by atomic mass is 9.94. The maximum atomic E-state index is 10.4. The zero-order chi connectivity index (χ0) is 9.84. The normalized spacial score (nSPS) is 12.4. The Labute approximate surface area is 78.0 Å². The zero-order valence-electron chi connectivity index (χ0n) is 7.10. The van der Waals surface area contributed by atoms with Gasteiger partial charge in [-0.2, -0.15) is 0 Å². The fourth-order valence-electron chi connectivity index (χ4n) is 0.995. The predicted octanol–water partition coefficient (Wildman–Crippen LogP) is -0.565. The van der Waals surface area contributed by atoms with Crippen molar-refractivity contribution < 1.29 is 9.90 Å². The van der Waals surface area contributed by atoms with Crippen LogP contribution in [0.5, 0.6) is 0 Å². The van der Waals surface area contributed by atoms with Crippen molar-refractivity contribution in [1.82, 2.24) is 0 Å². The highest BCUT2D eigenvalue weighted by Crippen LogP contribution is 2.00. The molecule has 2 radical (unpaired) electrons. The van der Waals surface area contributed by atoms with Crippen LogP contribution < -0.4 is 11.2 Å². The van der Waals surface area contributed by atoms with Gasteiger partial charge in [-0.1, -0.05) is 29.7 Å². The predicted molar refractivity (Wildman–Crippen MR) is 51.1 cm³/mol. The van der Waals surface area contributed by atoms with Crippen molar-refractivity contribution in [3.05, 3.63) is 29.8 Å². The van der Waals surface area contributed by atoms with Crippen LogP contribution in [0, 0.1) is 0 Å². The number of carbonyl (C=O) groups is 1. The molecular formula is C9H10BNO2. The molecule has 1 atom stereocenters. The van der Waals surface area contributed by atoms with E-state index in [4.69, 9.17) is 18.7 Å². The smallest absolute Gasteiger partial charge is 0.320 e. The summed E-state index contributed by atoms with van der Waals surface area (Å²) in [6.45, 7) is 0. The van der Waals surface area contributed by atoms with Crippen molar-refractivity contribution in [3.63, 3.8) is 0 Å². The van der Waals surface area contributed by atoms with E-state index in [1.54, 1.807) is 24.3 Å². The van der Waals surface area contributed by atoms with Crippen molar-refractivity contribution in [2.24, 2.45) is 5.73 Å². The number of carboxylic acid groups (broad SMARTS) is 1. The first-order chi connectivity index (χ1) is 6.09. The Hall–Kier alpha value is -1.29. The average Bonchev–Trinajstić information content (AvgIpc) is 2.08. The van der Waals surface area contributed by atoms with Gasteiger partial charge in [0.2, 0.25) is 0 Å². The van der Waals surface area contributed by atoms with Crippen LogP contribution in [0.25, 0.3) is 0 Å². The fourth-order valence-corrected chi connectivity index (χ4v) is 0.995. The minimum Gasteiger partial charge on any atom is -0.480 e. The van der Waals surface area contributed by atoms with E-state index in [9.17, 15) is 4.79 Å². The summed E-state index contributed by atoms with van der Waals surface area (Å²) in [7, 11) is 5.47. The summed E-state index contributed by atoms with van der Waals surface area (Å²) in [5, 5.41) is 8.55. The topological polar surface area (TPSA) is 63.3 Å². The highest BCUT2D eigenvalue weighted by Gasteiger charge is 2.11. The highest BCUT2D eigenvalue weighted by atomic mass is 16.4. The molecule has 0 heterocycles. The van der Waals surface area contributed by atoms with Crippen molar-refractivity contribution in [1.29, 1.82) is 0 Å². The van der Waals surface area contributed by atoms with Crippen molar-refractivity contribution in [2.45, 2.75) is 12.5 Å². The summed E-state index contributed by atoms with van der Waals surface area (Å²) < 4.78 is 0. The van der Waals surface area contributed by atoms with Gasteiger partial charge in [-0.3, -0.25) is 4.79 Å². The van der Waals surface area contributed by atoms with Gasteiger partial charge in [0.25, 0.3) is 0 Å². The number of nitrogens with two attached hydrogens (primary N) is 1. The second-order valence-corrected chi connectivity index (χ2v) is 2.89. The third-order valence-electron chi connectivity index (χ3n) is 1.75. The Morgan fingerprint density at radius 1 is 1.46 bits per heavy atom. The molecule has 1 aromatic rings. The van der Waals surface area contributed by atoms with E-state index in [2.05, 4.69) is 0 Å². The Balaban J connectivity index is 2.64. The fraction of sp³-hybridized carbons (Fsp3) is 0.222.